The Balaban J connectivity index is 1.64. The molecule has 3 rings (SSSR count). The Hall–Kier alpha value is -2.80. The van der Waals surface area contributed by atoms with Crippen LogP contribution in [0.4, 0.5) is 4.39 Å². The van der Waals surface area contributed by atoms with Crippen LogP contribution in [0.1, 0.15) is 30.0 Å². The summed E-state index contributed by atoms with van der Waals surface area (Å²) < 4.78 is 25.1. The first-order valence-electron chi connectivity index (χ1n) is 10.5. The molecule has 1 unspecified atom stereocenters. The van der Waals surface area contributed by atoms with E-state index in [1.807, 2.05) is 44.4 Å². The number of nitrogens with one attached hydrogen (secondary N) is 2. The van der Waals surface area contributed by atoms with Crippen LogP contribution < -0.4 is 20.1 Å². The molecule has 7 heteroatoms. The van der Waals surface area contributed by atoms with Gasteiger partial charge >= 0.3 is 0 Å². The molecule has 0 bridgehead atoms. The van der Waals surface area contributed by atoms with E-state index >= 15 is 0 Å². The molecule has 1 saturated carbocycles. The molecule has 2 aromatic rings. The molecule has 6 nitrogen and oxygen atoms in total. The fourth-order valence-corrected chi connectivity index (χ4v) is 3.91. The van der Waals surface area contributed by atoms with Gasteiger partial charge in [0.15, 0.2) is 17.5 Å². The van der Waals surface area contributed by atoms with Crippen molar-refractivity contribution >= 4 is 5.96 Å². The molecule has 1 aliphatic carbocycles. The maximum Gasteiger partial charge on any atom is 0.191 e. The highest BCUT2D eigenvalue weighted by Crippen LogP contribution is 2.48. The molecule has 1 atom stereocenters. The lowest BCUT2D eigenvalue weighted by molar-refractivity contribution is 0.295. The zero-order valence-corrected chi connectivity index (χ0v) is 19.0. The maximum absolute atomic E-state index is 14.3. The maximum atomic E-state index is 14.3. The molecule has 0 radical (unpaired) electrons. The molecule has 2 N–H and O–H groups in total. The van der Waals surface area contributed by atoms with Gasteiger partial charge in [-0.1, -0.05) is 24.3 Å². The second-order valence-corrected chi connectivity index (χ2v) is 8.16. The van der Waals surface area contributed by atoms with Crippen molar-refractivity contribution in [1.82, 2.24) is 15.5 Å². The van der Waals surface area contributed by atoms with Crippen LogP contribution in [-0.4, -0.2) is 59.3 Å². The van der Waals surface area contributed by atoms with E-state index in [-0.39, 0.29) is 17.3 Å². The molecule has 0 aromatic heterocycles. The van der Waals surface area contributed by atoms with Gasteiger partial charge < -0.3 is 25.0 Å². The smallest absolute Gasteiger partial charge is 0.191 e. The summed E-state index contributed by atoms with van der Waals surface area (Å²) in [4.78, 5) is 6.50. The summed E-state index contributed by atoms with van der Waals surface area (Å²) in [5.41, 5.74) is 1.75. The van der Waals surface area contributed by atoms with Gasteiger partial charge in [-0.25, -0.2) is 4.39 Å². The van der Waals surface area contributed by atoms with Gasteiger partial charge in [-0.3, -0.25) is 4.99 Å². The van der Waals surface area contributed by atoms with Crippen molar-refractivity contribution in [3.05, 3.63) is 59.4 Å². The predicted molar refractivity (Wildman–Crippen MR) is 123 cm³/mol. The van der Waals surface area contributed by atoms with E-state index < -0.39 is 0 Å². The highest BCUT2D eigenvalue weighted by Gasteiger charge is 2.45. The topological polar surface area (TPSA) is 58.1 Å². The van der Waals surface area contributed by atoms with Gasteiger partial charge in [-0.05, 0) is 56.3 Å². The average Bonchev–Trinajstić information content (AvgIpc) is 3.56. The summed E-state index contributed by atoms with van der Waals surface area (Å²) in [7, 11) is 9.10. The first-order valence-corrected chi connectivity index (χ1v) is 10.5. The molecule has 0 spiro atoms. The summed E-state index contributed by atoms with van der Waals surface area (Å²) in [6, 6.07) is 13.1. The average molecular weight is 429 g/mol. The van der Waals surface area contributed by atoms with E-state index in [9.17, 15) is 4.39 Å². The molecular weight excluding hydrogens is 395 g/mol. The molecule has 0 saturated heterocycles. The number of nitrogens with zero attached hydrogens (tertiary/aromatic N) is 2. The molecule has 0 heterocycles. The molecule has 2 aromatic carbocycles. The van der Waals surface area contributed by atoms with Gasteiger partial charge in [0, 0.05) is 25.6 Å². The van der Waals surface area contributed by atoms with Crippen LogP contribution >= 0.6 is 0 Å². The molecular formula is C24H33FN4O2. The third-order valence-corrected chi connectivity index (χ3v) is 6.00. The summed E-state index contributed by atoms with van der Waals surface area (Å²) >= 11 is 0. The first kappa shape index (κ1) is 22.9. The second kappa shape index (κ2) is 10.0. The number of hydrogen-bond acceptors (Lipinski definition) is 4. The molecule has 1 fully saturated rings. The minimum absolute atomic E-state index is 0.0970. The Morgan fingerprint density at radius 2 is 1.81 bits per heavy atom. The van der Waals surface area contributed by atoms with Gasteiger partial charge in [0.1, 0.15) is 5.82 Å². The van der Waals surface area contributed by atoms with Crippen molar-refractivity contribution in [1.29, 1.82) is 0 Å². The number of rotatable bonds is 9. The van der Waals surface area contributed by atoms with Crippen LogP contribution in [0.15, 0.2) is 47.5 Å². The van der Waals surface area contributed by atoms with Crippen LogP contribution in [0.2, 0.25) is 0 Å². The zero-order valence-electron chi connectivity index (χ0n) is 19.0. The zero-order chi connectivity index (χ0) is 22.4. The molecule has 168 valence electrons. The third-order valence-electron chi connectivity index (χ3n) is 6.00. The number of guanidine groups is 1. The fraction of sp³-hybridized carbons (Fsp3) is 0.458. The van der Waals surface area contributed by atoms with Crippen LogP contribution in [0.25, 0.3) is 0 Å². The van der Waals surface area contributed by atoms with E-state index in [0.29, 0.717) is 30.5 Å². The SMILES string of the molecule is CN=C(NCC(c1ccc(OC)c(OC)c1)N(C)C)NCC1(c2ccccc2F)CC1. The number of likely N-dealkylation sites (N-methyl/N-ethyl adjacent to an activating group) is 1. The number of ether oxygens (including phenoxy) is 2. The summed E-state index contributed by atoms with van der Waals surface area (Å²) in [6.07, 6.45) is 1.95. The predicted octanol–water partition coefficient (Wildman–Crippen LogP) is 3.34. The summed E-state index contributed by atoms with van der Waals surface area (Å²) in [5, 5.41) is 6.81. The van der Waals surface area contributed by atoms with Crippen molar-refractivity contribution in [2.75, 3.05) is 48.5 Å². The van der Waals surface area contributed by atoms with Crippen LogP contribution in [0, 0.1) is 5.82 Å². The first-order chi connectivity index (χ1) is 14.9. The Labute approximate surface area is 184 Å². The van der Waals surface area contributed by atoms with E-state index in [2.05, 4.69) is 20.5 Å². The van der Waals surface area contributed by atoms with Gasteiger partial charge in [0.25, 0.3) is 0 Å². The summed E-state index contributed by atoms with van der Waals surface area (Å²) in [6.45, 7) is 1.30. The normalized spacial score (nSPS) is 16.0. The van der Waals surface area contributed by atoms with Crippen molar-refractivity contribution in [2.24, 2.45) is 4.99 Å². The van der Waals surface area contributed by atoms with Crippen LogP contribution in [0.5, 0.6) is 11.5 Å². The molecule has 0 aliphatic heterocycles. The van der Waals surface area contributed by atoms with Crippen LogP contribution in [0.3, 0.4) is 0 Å². The quantitative estimate of drug-likeness (QED) is 0.474. The lowest BCUT2D eigenvalue weighted by atomic mass is 9.95. The Morgan fingerprint density at radius 3 is 2.39 bits per heavy atom. The minimum Gasteiger partial charge on any atom is -0.493 e. The van der Waals surface area contributed by atoms with Crippen molar-refractivity contribution < 1.29 is 13.9 Å². The van der Waals surface area contributed by atoms with Crippen molar-refractivity contribution in [3.63, 3.8) is 0 Å². The van der Waals surface area contributed by atoms with E-state index in [4.69, 9.17) is 9.47 Å². The largest absolute Gasteiger partial charge is 0.493 e. The number of aliphatic imine (C=N–C) groups is 1. The Kier molecular flexibility index (Phi) is 7.38. The number of methoxy groups -OCH3 is 2. The Morgan fingerprint density at radius 1 is 1.10 bits per heavy atom. The monoisotopic (exact) mass is 428 g/mol. The highest BCUT2D eigenvalue weighted by atomic mass is 19.1. The lowest BCUT2D eigenvalue weighted by Gasteiger charge is -2.27. The van der Waals surface area contributed by atoms with E-state index in [1.54, 1.807) is 27.3 Å². The second-order valence-electron chi connectivity index (χ2n) is 8.16. The fourth-order valence-electron chi connectivity index (χ4n) is 3.91. The third kappa shape index (κ3) is 5.28. The van der Waals surface area contributed by atoms with Gasteiger partial charge in [0.05, 0.1) is 20.3 Å². The minimum atomic E-state index is -0.146. The van der Waals surface area contributed by atoms with Crippen molar-refractivity contribution in [2.45, 2.75) is 24.3 Å². The van der Waals surface area contributed by atoms with Gasteiger partial charge in [0.2, 0.25) is 0 Å². The lowest BCUT2D eigenvalue weighted by Crippen LogP contribution is -2.44. The Bertz CT molecular complexity index is 912. The van der Waals surface area contributed by atoms with Crippen molar-refractivity contribution in [3.8, 4) is 11.5 Å². The number of hydrogen-bond donors (Lipinski definition) is 2. The number of halogens is 1. The molecule has 1 aliphatic rings. The van der Waals surface area contributed by atoms with Crippen LogP contribution in [-0.2, 0) is 5.41 Å². The summed E-state index contributed by atoms with van der Waals surface area (Å²) in [5.74, 6) is 1.98. The standard InChI is InChI=1S/C24H33FN4O2/c1-26-23(28-16-24(12-13-24)18-8-6-7-9-19(18)25)27-15-20(29(2)3)17-10-11-21(30-4)22(14-17)31-5/h6-11,14,20H,12-13,15-16H2,1-5H3,(H2,26,27,28). The van der Waals surface area contributed by atoms with Gasteiger partial charge in [-0.2, -0.15) is 0 Å². The van der Waals surface area contributed by atoms with E-state index in [0.717, 1.165) is 24.0 Å². The highest BCUT2D eigenvalue weighted by molar-refractivity contribution is 5.80. The molecule has 0 amide bonds. The molecule has 31 heavy (non-hydrogen) atoms. The van der Waals surface area contributed by atoms with Gasteiger partial charge in [-0.15, -0.1) is 0 Å². The number of benzene rings is 2. The van der Waals surface area contributed by atoms with E-state index in [1.165, 1.54) is 6.07 Å².